The fraction of sp³-hybridized carbons (Fsp3) is 0.211. The molecule has 0 saturated heterocycles. The Morgan fingerprint density at radius 1 is 1.21 bits per heavy atom. The molecule has 152 valence electrons. The molecule has 0 spiro atoms. The molecular formula is C19H17ClFN3O3S2. The summed E-state index contributed by atoms with van der Waals surface area (Å²) in [6.07, 6.45) is 3.65. The zero-order chi connectivity index (χ0) is 21.0. The number of carbonyl (C=O) groups is 1. The van der Waals surface area contributed by atoms with Crippen LogP contribution in [0.5, 0.6) is 0 Å². The van der Waals surface area contributed by atoms with Crippen molar-refractivity contribution >= 4 is 38.7 Å². The number of benzene rings is 1. The minimum absolute atomic E-state index is 0.128. The number of carbonyl (C=O) groups excluding carboxylic acids is 1. The number of thiophene rings is 1. The van der Waals surface area contributed by atoms with Gasteiger partial charge in [0.05, 0.1) is 34.6 Å². The van der Waals surface area contributed by atoms with E-state index < -0.39 is 15.8 Å². The minimum atomic E-state index is -3.90. The van der Waals surface area contributed by atoms with Crippen LogP contribution in [0, 0.1) is 12.7 Å². The van der Waals surface area contributed by atoms with Gasteiger partial charge in [0.2, 0.25) is 10.0 Å². The highest BCUT2D eigenvalue weighted by Crippen LogP contribution is 2.20. The lowest BCUT2D eigenvalue weighted by molar-refractivity contribution is 0.0978. The number of halogens is 2. The van der Waals surface area contributed by atoms with Crippen LogP contribution in [0.4, 0.5) is 4.39 Å². The highest BCUT2D eigenvalue weighted by molar-refractivity contribution is 7.89. The van der Waals surface area contributed by atoms with Crippen LogP contribution in [0.2, 0.25) is 5.02 Å². The molecule has 3 rings (SSSR count). The summed E-state index contributed by atoms with van der Waals surface area (Å²) in [4.78, 5) is 22.6. The van der Waals surface area contributed by atoms with Crippen molar-refractivity contribution in [1.82, 2.24) is 14.7 Å². The first kappa shape index (κ1) is 21.5. The summed E-state index contributed by atoms with van der Waals surface area (Å²) in [6, 6.07) is 7.14. The van der Waals surface area contributed by atoms with Crippen LogP contribution in [-0.2, 0) is 23.0 Å². The van der Waals surface area contributed by atoms with Crippen LogP contribution >= 0.6 is 22.9 Å². The van der Waals surface area contributed by atoms with E-state index in [0.29, 0.717) is 18.5 Å². The first-order valence-electron chi connectivity index (χ1n) is 8.59. The van der Waals surface area contributed by atoms with E-state index in [4.69, 9.17) is 11.6 Å². The molecule has 2 aromatic heterocycles. The molecule has 2 heterocycles. The molecule has 0 atom stereocenters. The van der Waals surface area contributed by atoms with Gasteiger partial charge in [-0.2, -0.15) is 0 Å². The molecule has 0 unspecified atom stereocenters. The molecular weight excluding hydrogens is 437 g/mol. The van der Waals surface area contributed by atoms with Crippen LogP contribution in [0.3, 0.4) is 0 Å². The van der Waals surface area contributed by atoms with E-state index in [9.17, 15) is 17.6 Å². The van der Waals surface area contributed by atoms with Crippen molar-refractivity contribution in [2.24, 2.45) is 0 Å². The van der Waals surface area contributed by atoms with E-state index >= 15 is 0 Å². The van der Waals surface area contributed by atoms with Gasteiger partial charge in [0, 0.05) is 16.2 Å². The highest BCUT2D eigenvalue weighted by atomic mass is 35.5. The van der Waals surface area contributed by atoms with E-state index in [2.05, 4.69) is 14.7 Å². The van der Waals surface area contributed by atoms with Crippen molar-refractivity contribution in [3.8, 4) is 0 Å². The molecule has 6 nitrogen and oxygen atoms in total. The molecule has 0 aliphatic heterocycles. The predicted octanol–water partition coefficient (Wildman–Crippen LogP) is 3.93. The molecule has 0 amide bonds. The van der Waals surface area contributed by atoms with E-state index in [-0.39, 0.29) is 27.9 Å². The van der Waals surface area contributed by atoms with Gasteiger partial charge in [-0.15, -0.1) is 11.3 Å². The Morgan fingerprint density at radius 3 is 2.62 bits per heavy atom. The van der Waals surface area contributed by atoms with Gasteiger partial charge in [-0.25, -0.2) is 22.5 Å². The Labute approximate surface area is 176 Å². The number of aryl methyl sites for hydroxylation is 2. The Morgan fingerprint density at radius 2 is 2.00 bits per heavy atom. The summed E-state index contributed by atoms with van der Waals surface area (Å²) in [5.74, 6) is -0.831. The smallest absolute Gasteiger partial charge is 0.240 e. The zero-order valence-electron chi connectivity index (χ0n) is 15.4. The number of nitrogens with zero attached hydrogens (tertiary/aromatic N) is 2. The quantitative estimate of drug-likeness (QED) is 0.522. The number of hydrogen-bond acceptors (Lipinski definition) is 6. The molecule has 0 fully saturated rings. The highest BCUT2D eigenvalue weighted by Gasteiger charge is 2.16. The molecule has 1 aromatic carbocycles. The Balaban J connectivity index is 1.58. The van der Waals surface area contributed by atoms with Gasteiger partial charge in [0.25, 0.3) is 0 Å². The Bertz CT molecular complexity index is 1130. The summed E-state index contributed by atoms with van der Waals surface area (Å²) >= 11 is 7.28. The molecule has 0 bridgehead atoms. The molecule has 10 heteroatoms. The van der Waals surface area contributed by atoms with E-state index in [1.807, 2.05) is 19.1 Å². The number of ketones is 1. The summed E-state index contributed by atoms with van der Waals surface area (Å²) in [6.45, 7) is 1.88. The monoisotopic (exact) mass is 453 g/mol. The molecule has 29 heavy (non-hydrogen) atoms. The second kappa shape index (κ2) is 9.08. The van der Waals surface area contributed by atoms with E-state index in [1.165, 1.54) is 17.3 Å². The van der Waals surface area contributed by atoms with Crippen LogP contribution in [0.25, 0.3) is 0 Å². The van der Waals surface area contributed by atoms with Crippen molar-refractivity contribution in [3.05, 3.63) is 74.7 Å². The number of aromatic nitrogens is 2. The number of sulfonamides is 1. The normalized spacial score (nSPS) is 11.6. The number of nitrogens with one attached hydrogen (secondary N) is 1. The maximum atomic E-state index is 13.2. The van der Waals surface area contributed by atoms with Crippen molar-refractivity contribution in [2.45, 2.75) is 31.2 Å². The lowest BCUT2D eigenvalue weighted by Gasteiger charge is -2.07. The van der Waals surface area contributed by atoms with Crippen LogP contribution in [-0.4, -0.2) is 24.2 Å². The van der Waals surface area contributed by atoms with Crippen LogP contribution in [0.1, 0.15) is 32.4 Å². The fourth-order valence-corrected chi connectivity index (χ4v) is 4.63. The van der Waals surface area contributed by atoms with Crippen molar-refractivity contribution in [1.29, 1.82) is 0 Å². The van der Waals surface area contributed by atoms with Crippen LogP contribution in [0.15, 0.2) is 47.6 Å². The number of Topliss-reactive ketones (excluding diaryl/α,β-unsaturated/α-hetero) is 1. The topological polar surface area (TPSA) is 89.0 Å². The fourth-order valence-electron chi connectivity index (χ4n) is 2.47. The number of rotatable bonds is 8. The second-order valence-corrected chi connectivity index (χ2v) is 9.78. The van der Waals surface area contributed by atoms with Gasteiger partial charge in [0.15, 0.2) is 5.78 Å². The minimum Gasteiger partial charge on any atom is -0.292 e. The van der Waals surface area contributed by atoms with E-state index in [0.717, 1.165) is 23.1 Å². The molecule has 0 aliphatic rings. The van der Waals surface area contributed by atoms with Gasteiger partial charge in [-0.3, -0.25) is 9.78 Å². The summed E-state index contributed by atoms with van der Waals surface area (Å²) < 4.78 is 40.1. The third-order valence-corrected chi connectivity index (χ3v) is 6.78. The summed E-state index contributed by atoms with van der Waals surface area (Å²) in [7, 11) is -3.90. The summed E-state index contributed by atoms with van der Waals surface area (Å²) in [5, 5.41) is -0.284. The van der Waals surface area contributed by atoms with Crippen LogP contribution < -0.4 is 4.72 Å². The standard InChI is InChI=1S/C19H17ClFN3O3S2/c1-12-2-3-14(28-12)4-7-19(25)18-11-22-13(9-23-18)10-24-29(26,27)15-5-6-17(21)16(20)8-15/h2-3,5-6,8-9,11,24H,4,7,10H2,1H3. The van der Waals surface area contributed by atoms with Gasteiger partial charge >= 0.3 is 0 Å². The van der Waals surface area contributed by atoms with Crippen molar-refractivity contribution in [2.75, 3.05) is 0 Å². The molecule has 0 aliphatic carbocycles. The maximum absolute atomic E-state index is 13.2. The largest absolute Gasteiger partial charge is 0.292 e. The van der Waals surface area contributed by atoms with Gasteiger partial charge in [-0.05, 0) is 43.7 Å². The Kier molecular flexibility index (Phi) is 6.74. The van der Waals surface area contributed by atoms with Crippen molar-refractivity contribution in [3.63, 3.8) is 0 Å². The average molecular weight is 454 g/mol. The number of hydrogen-bond donors (Lipinski definition) is 1. The third kappa shape index (κ3) is 5.66. The lowest BCUT2D eigenvalue weighted by atomic mass is 10.1. The zero-order valence-corrected chi connectivity index (χ0v) is 17.7. The molecule has 3 aromatic rings. The van der Waals surface area contributed by atoms with Crippen molar-refractivity contribution < 1.29 is 17.6 Å². The SMILES string of the molecule is Cc1ccc(CCC(=O)c2cnc(CNS(=O)(=O)c3ccc(F)c(Cl)c3)cn2)s1. The average Bonchev–Trinajstić information content (AvgIpc) is 3.12. The molecule has 0 saturated carbocycles. The summed E-state index contributed by atoms with van der Waals surface area (Å²) in [5.41, 5.74) is 0.572. The lowest BCUT2D eigenvalue weighted by Crippen LogP contribution is -2.24. The van der Waals surface area contributed by atoms with Gasteiger partial charge in [-0.1, -0.05) is 11.6 Å². The Hall–Kier alpha value is -2.20. The second-order valence-electron chi connectivity index (χ2n) is 6.23. The third-order valence-electron chi connectivity index (χ3n) is 4.03. The van der Waals surface area contributed by atoms with E-state index in [1.54, 1.807) is 11.3 Å². The maximum Gasteiger partial charge on any atom is 0.240 e. The predicted molar refractivity (Wildman–Crippen MR) is 109 cm³/mol. The first-order valence-corrected chi connectivity index (χ1v) is 11.3. The molecule has 0 radical (unpaired) electrons. The molecule has 1 N–H and O–H groups in total. The van der Waals surface area contributed by atoms with Gasteiger partial charge in [0.1, 0.15) is 11.5 Å². The van der Waals surface area contributed by atoms with Gasteiger partial charge < -0.3 is 0 Å². The first-order chi connectivity index (χ1) is 13.7.